The Balaban J connectivity index is 2.36. The molecule has 2 unspecified atom stereocenters. The molecule has 0 spiro atoms. The second-order valence-corrected chi connectivity index (χ2v) is 7.70. The van der Waals surface area contributed by atoms with Gasteiger partial charge in [0.05, 0.1) is 11.4 Å². The van der Waals surface area contributed by atoms with E-state index in [0.717, 1.165) is 25.9 Å². The Labute approximate surface area is 111 Å². The van der Waals surface area contributed by atoms with Gasteiger partial charge in [0, 0.05) is 33.3 Å². The standard InChI is InChI=1S/C12H26N2O3S/c1-5-12(2)10-11(6-8-17-12)13-7-9-18(15,16)14(3)4/h11,13H,5-10H2,1-4H3. The van der Waals surface area contributed by atoms with Gasteiger partial charge in [0.15, 0.2) is 0 Å². The maximum atomic E-state index is 11.6. The number of hydrogen-bond donors (Lipinski definition) is 1. The van der Waals surface area contributed by atoms with Crippen LogP contribution in [-0.4, -0.2) is 57.4 Å². The molecule has 1 saturated heterocycles. The minimum atomic E-state index is -3.09. The van der Waals surface area contributed by atoms with Gasteiger partial charge >= 0.3 is 0 Å². The minimum absolute atomic E-state index is 0.0592. The number of nitrogens with zero attached hydrogens (tertiary/aromatic N) is 1. The molecular formula is C12H26N2O3S. The number of hydrogen-bond acceptors (Lipinski definition) is 4. The van der Waals surface area contributed by atoms with Gasteiger partial charge in [-0.3, -0.25) is 0 Å². The van der Waals surface area contributed by atoms with Crippen molar-refractivity contribution >= 4 is 10.0 Å². The summed E-state index contributed by atoms with van der Waals surface area (Å²) in [5.41, 5.74) is -0.0592. The largest absolute Gasteiger partial charge is 0.375 e. The van der Waals surface area contributed by atoms with E-state index < -0.39 is 10.0 Å². The predicted octanol–water partition coefficient (Wildman–Crippen LogP) is 0.815. The van der Waals surface area contributed by atoms with E-state index in [2.05, 4.69) is 19.2 Å². The summed E-state index contributed by atoms with van der Waals surface area (Å²) in [5.74, 6) is 0.153. The summed E-state index contributed by atoms with van der Waals surface area (Å²) < 4.78 is 30.3. The molecule has 108 valence electrons. The highest BCUT2D eigenvalue weighted by atomic mass is 32.2. The molecule has 1 aliphatic rings. The zero-order chi connectivity index (χ0) is 13.8. The SMILES string of the molecule is CCC1(C)CC(NCCS(=O)(=O)N(C)C)CCO1. The third-order valence-corrected chi connectivity index (χ3v) is 5.53. The lowest BCUT2D eigenvalue weighted by atomic mass is 9.90. The summed E-state index contributed by atoms with van der Waals surface area (Å²) in [5, 5.41) is 3.34. The third kappa shape index (κ3) is 4.50. The molecule has 1 N–H and O–H groups in total. The molecule has 0 saturated carbocycles. The Hall–Kier alpha value is -0.170. The van der Waals surface area contributed by atoms with Crippen LogP contribution in [0.1, 0.15) is 33.1 Å². The molecule has 18 heavy (non-hydrogen) atoms. The van der Waals surface area contributed by atoms with Crippen molar-refractivity contribution in [3.63, 3.8) is 0 Å². The molecule has 1 rings (SSSR count). The van der Waals surface area contributed by atoms with E-state index in [1.807, 2.05) is 0 Å². The van der Waals surface area contributed by atoms with Crippen molar-refractivity contribution in [2.45, 2.75) is 44.8 Å². The van der Waals surface area contributed by atoms with E-state index >= 15 is 0 Å². The van der Waals surface area contributed by atoms with Crippen LogP contribution in [0.25, 0.3) is 0 Å². The quantitative estimate of drug-likeness (QED) is 0.781. The predicted molar refractivity (Wildman–Crippen MR) is 73.1 cm³/mol. The van der Waals surface area contributed by atoms with Crippen LogP contribution in [0.2, 0.25) is 0 Å². The highest BCUT2D eigenvalue weighted by molar-refractivity contribution is 7.89. The maximum Gasteiger partial charge on any atom is 0.214 e. The van der Waals surface area contributed by atoms with Gasteiger partial charge in [0.25, 0.3) is 0 Å². The average Bonchev–Trinajstić information content (AvgIpc) is 2.29. The van der Waals surface area contributed by atoms with Crippen LogP contribution in [0.5, 0.6) is 0 Å². The van der Waals surface area contributed by atoms with Gasteiger partial charge in [-0.15, -0.1) is 0 Å². The van der Waals surface area contributed by atoms with Crippen LogP contribution in [0, 0.1) is 0 Å². The molecule has 2 atom stereocenters. The molecule has 0 radical (unpaired) electrons. The molecule has 1 heterocycles. The Morgan fingerprint density at radius 3 is 2.67 bits per heavy atom. The molecule has 0 amide bonds. The molecular weight excluding hydrogens is 252 g/mol. The molecule has 0 aromatic carbocycles. The van der Waals surface area contributed by atoms with Crippen molar-refractivity contribution in [3.8, 4) is 0 Å². The van der Waals surface area contributed by atoms with Crippen molar-refractivity contribution in [2.75, 3.05) is 33.0 Å². The number of ether oxygens (including phenoxy) is 1. The summed E-state index contributed by atoms with van der Waals surface area (Å²) in [6.45, 7) is 5.50. The monoisotopic (exact) mass is 278 g/mol. The number of nitrogens with one attached hydrogen (secondary N) is 1. The van der Waals surface area contributed by atoms with E-state index in [1.165, 1.54) is 4.31 Å². The van der Waals surface area contributed by atoms with Gasteiger partial charge in [0.1, 0.15) is 0 Å². The Kier molecular flexibility index (Phi) is 5.58. The molecule has 1 aliphatic heterocycles. The van der Waals surface area contributed by atoms with Crippen molar-refractivity contribution in [3.05, 3.63) is 0 Å². The van der Waals surface area contributed by atoms with Gasteiger partial charge in [-0.25, -0.2) is 12.7 Å². The van der Waals surface area contributed by atoms with E-state index in [0.29, 0.717) is 12.6 Å². The first-order valence-corrected chi connectivity index (χ1v) is 8.17. The number of rotatable bonds is 6. The first-order chi connectivity index (χ1) is 8.29. The zero-order valence-corrected chi connectivity index (χ0v) is 12.7. The van der Waals surface area contributed by atoms with Crippen molar-refractivity contribution in [2.24, 2.45) is 0 Å². The zero-order valence-electron chi connectivity index (χ0n) is 11.9. The average molecular weight is 278 g/mol. The van der Waals surface area contributed by atoms with E-state index in [1.54, 1.807) is 14.1 Å². The molecule has 0 aliphatic carbocycles. The minimum Gasteiger partial charge on any atom is -0.375 e. The summed E-state index contributed by atoms with van der Waals surface area (Å²) in [6, 6.07) is 0.362. The van der Waals surface area contributed by atoms with Gasteiger partial charge in [0.2, 0.25) is 10.0 Å². The molecule has 1 fully saturated rings. The maximum absolute atomic E-state index is 11.6. The highest BCUT2D eigenvalue weighted by Gasteiger charge is 2.31. The fraction of sp³-hybridized carbons (Fsp3) is 1.00. The molecule has 5 nitrogen and oxygen atoms in total. The first-order valence-electron chi connectivity index (χ1n) is 6.56. The van der Waals surface area contributed by atoms with Crippen molar-refractivity contribution < 1.29 is 13.2 Å². The van der Waals surface area contributed by atoms with Gasteiger partial charge < -0.3 is 10.1 Å². The van der Waals surface area contributed by atoms with Crippen LogP contribution >= 0.6 is 0 Å². The summed E-state index contributed by atoms with van der Waals surface area (Å²) in [4.78, 5) is 0. The van der Waals surface area contributed by atoms with E-state index in [-0.39, 0.29) is 11.4 Å². The first kappa shape index (κ1) is 15.9. The lowest BCUT2D eigenvalue weighted by Crippen LogP contribution is -2.46. The van der Waals surface area contributed by atoms with E-state index in [4.69, 9.17) is 4.74 Å². The highest BCUT2D eigenvalue weighted by Crippen LogP contribution is 2.27. The summed E-state index contributed by atoms with van der Waals surface area (Å²) >= 11 is 0. The van der Waals surface area contributed by atoms with Gasteiger partial charge in [-0.2, -0.15) is 0 Å². The van der Waals surface area contributed by atoms with E-state index in [9.17, 15) is 8.42 Å². The number of sulfonamides is 1. The van der Waals surface area contributed by atoms with Crippen molar-refractivity contribution in [1.82, 2.24) is 9.62 Å². The van der Waals surface area contributed by atoms with Crippen molar-refractivity contribution in [1.29, 1.82) is 0 Å². The van der Waals surface area contributed by atoms with Crippen LogP contribution in [-0.2, 0) is 14.8 Å². The lowest BCUT2D eigenvalue weighted by Gasteiger charge is -2.38. The summed E-state index contributed by atoms with van der Waals surface area (Å²) in [6.07, 6.45) is 2.89. The second kappa shape index (κ2) is 6.32. The molecule has 0 aromatic rings. The molecule has 6 heteroatoms. The molecule has 0 bridgehead atoms. The fourth-order valence-corrected chi connectivity index (χ4v) is 2.87. The molecule has 0 aromatic heterocycles. The normalized spacial score (nSPS) is 29.7. The Morgan fingerprint density at radius 2 is 2.11 bits per heavy atom. The van der Waals surface area contributed by atoms with Crippen LogP contribution in [0.4, 0.5) is 0 Å². The summed E-state index contributed by atoms with van der Waals surface area (Å²) in [7, 11) is 0.0410. The van der Waals surface area contributed by atoms with Crippen LogP contribution in [0.3, 0.4) is 0 Å². The Morgan fingerprint density at radius 1 is 1.44 bits per heavy atom. The second-order valence-electron chi connectivity index (χ2n) is 5.39. The fourth-order valence-electron chi connectivity index (χ4n) is 2.13. The van der Waals surface area contributed by atoms with Crippen LogP contribution in [0.15, 0.2) is 0 Å². The van der Waals surface area contributed by atoms with Gasteiger partial charge in [-0.05, 0) is 26.2 Å². The lowest BCUT2D eigenvalue weighted by molar-refractivity contribution is -0.0776. The van der Waals surface area contributed by atoms with Gasteiger partial charge in [-0.1, -0.05) is 6.92 Å². The topological polar surface area (TPSA) is 58.6 Å². The third-order valence-electron chi connectivity index (χ3n) is 3.69. The Bertz CT molecular complexity index is 356. The van der Waals surface area contributed by atoms with Crippen LogP contribution < -0.4 is 5.32 Å². The smallest absolute Gasteiger partial charge is 0.214 e.